The topological polar surface area (TPSA) is 66.6 Å². The normalized spacial score (nSPS) is 19.0. The number of rotatable bonds is 9. The van der Waals surface area contributed by atoms with Gasteiger partial charge in [-0.25, -0.2) is 0 Å². The van der Waals surface area contributed by atoms with E-state index in [0.717, 1.165) is 35.2 Å². The van der Waals surface area contributed by atoms with Crippen molar-refractivity contribution in [3.05, 3.63) is 90.0 Å². The second-order valence-corrected chi connectivity index (χ2v) is 9.26. The lowest BCUT2D eigenvalue weighted by atomic mass is 9.98. The molecule has 1 fully saturated rings. The molecular weight excluding hydrogens is 408 g/mol. The fourth-order valence-corrected chi connectivity index (χ4v) is 4.39. The monoisotopic (exact) mass is 442 g/mol. The van der Waals surface area contributed by atoms with Gasteiger partial charge in [0.2, 0.25) is 5.91 Å². The maximum absolute atomic E-state index is 13.6. The van der Waals surface area contributed by atoms with Crippen LogP contribution >= 0.6 is 0 Å². The summed E-state index contributed by atoms with van der Waals surface area (Å²) in [5, 5.41) is 9.27. The van der Waals surface area contributed by atoms with Gasteiger partial charge in [0, 0.05) is 24.2 Å². The molecule has 4 rings (SSSR count). The zero-order valence-corrected chi connectivity index (χ0v) is 19.5. The first kappa shape index (κ1) is 23.2. The van der Waals surface area contributed by atoms with Gasteiger partial charge in [-0.2, -0.15) is 0 Å². The summed E-state index contributed by atoms with van der Waals surface area (Å²) in [6, 6.07) is 26.3. The standard InChI is InChI=1S/C29H34N2O2/c1-3-20(2)28(30)18-31(29(33)27-17-26(27)24-7-5-4-6-8-24)25-15-13-23(14-16-25)22-11-9-21(19-32)10-12-22/h4-16,20,26-28,32H,3,17-19,30H2,1-2H3/t20-,26-,27+,28+/m0/s1. The minimum absolute atomic E-state index is 0.0160. The van der Waals surface area contributed by atoms with Crippen LogP contribution in [-0.4, -0.2) is 23.6 Å². The molecule has 1 aliphatic rings. The van der Waals surface area contributed by atoms with E-state index < -0.39 is 0 Å². The van der Waals surface area contributed by atoms with E-state index in [-0.39, 0.29) is 24.5 Å². The Labute approximate surface area is 197 Å². The molecule has 0 bridgehead atoms. The summed E-state index contributed by atoms with van der Waals surface area (Å²) in [5.41, 5.74) is 11.7. The van der Waals surface area contributed by atoms with E-state index in [1.54, 1.807) is 0 Å². The van der Waals surface area contributed by atoms with Crippen LogP contribution in [0.4, 0.5) is 5.69 Å². The molecule has 0 unspecified atom stereocenters. The van der Waals surface area contributed by atoms with Gasteiger partial charge >= 0.3 is 0 Å². The Morgan fingerprint density at radius 2 is 1.61 bits per heavy atom. The number of carbonyl (C=O) groups is 1. The lowest BCUT2D eigenvalue weighted by Crippen LogP contribution is -2.45. The highest BCUT2D eigenvalue weighted by molar-refractivity contribution is 5.97. The minimum Gasteiger partial charge on any atom is -0.392 e. The number of amides is 1. The fraction of sp³-hybridized carbons (Fsp3) is 0.345. The van der Waals surface area contributed by atoms with Crippen LogP contribution in [0.25, 0.3) is 11.1 Å². The summed E-state index contributed by atoms with van der Waals surface area (Å²) < 4.78 is 0. The molecule has 0 spiro atoms. The molecule has 1 aliphatic carbocycles. The fourth-order valence-electron chi connectivity index (χ4n) is 4.39. The molecule has 1 saturated carbocycles. The number of hydrogen-bond donors (Lipinski definition) is 2. The Hall–Kier alpha value is -2.95. The third-order valence-electron chi connectivity index (χ3n) is 7.02. The molecule has 3 aromatic rings. The van der Waals surface area contributed by atoms with Crippen LogP contribution in [0.1, 0.15) is 43.7 Å². The van der Waals surface area contributed by atoms with Crippen LogP contribution in [-0.2, 0) is 11.4 Å². The molecule has 0 saturated heterocycles. The van der Waals surface area contributed by atoms with Crippen molar-refractivity contribution < 1.29 is 9.90 Å². The molecule has 0 heterocycles. The van der Waals surface area contributed by atoms with Gasteiger partial charge in [0.25, 0.3) is 0 Å². The maximum atomic E-state index is 13.6. The van der Waals surface area contributed by atoms with Gasteiger partial charge in [0.1, 0.15) is 0 Å². The first-order valence-electron chi connectivity index (χ1n) is 11.9. The summed E-state index contributed by atoms with van der Waals surface area (Å²) in [4.78, 5) is 15.5. The Morgan fingerprint density at radius 3 is 2.18 bits per heavy atom. The van der Waals surface area contributed by atoms with Crippen molar-refractivity contribution in [1.29, 1.82) is 0 Å². The Balaban J connectivity index is 1.55. The number of benzene rings is 3. The zero-order valence-electron chi connectivity index (χ0n) is 19.5. The van der Waals surface area contributed by atoms with Gasteiger partial charge in [0.05, 0.1) is 6.61 Å². The number of anilines is 1. The molecule has 0 aliphatic heterocycles. The molecule has 0 aromatic heterocycles. The predicted octanol–water partition coefficient (Wildman–Crippen LogP) is 5.36. The van der Waals surface area contributed by atoms with Gasteiger partial charge in [0.15, 0.2) is 0 Å². The number of carbonyl (C=O) groups excluding carboxylic acids is 1. The predicted molar refractivity (Wildman–Crippen MR) is 135 cm³/mol. The van der Waals surface area contributed by atoms with E-state index in [1.165, 1.54) is 5.56 Å². The zero-order chi connectivity index (χ0) is 23.4. The summed E-state index contributed by atoms with van der Waals surface area (Å²) in [6.45, 7) is 4.85. The van der Waals surface area contributed by atoms with Gasteiger partial charge in [-0.1, -0.05) is 87.0 Å². The van der Waals surface area contributed by atoms with Crippen molar-refractivity contribution >= 4 is 11.6 Å². The average Bonchev–Trinajstić information content (AvgIpc) is 3.68. The van der Waals surface area contributed by atoms with E-state index in [1.807, 2.05) is 59.5 Å². The van der Waals surface area contributed by atoms with E-state index in [0.29, 0.717) is 18.4 Å². The molecule has 172 valence electrons. The van der Waals surface area contributed by atoms with Gasteiger partial charge in [-0.05, 0) is 52.6 Å². The third-order valence-corrected chi connectivity index (χ3v) is 7.02. The van der Waals surface area contributed by atoms with Gasteiger partial charge in [-0.15, -0.1) is 0 Å². The van der Waals surface area contributed by atoms with E-state index in [9.17, 15) is 9.90 Å². The Bertz CT molecular complexity index is 1050. The summed E-state index contributed by atoms with van der Waals surface area (Å²) in [7, 11) is 0. The van der Waals surface area contributed by atoms with Crippen molar-refractivity contribution in [3.8, 4) is 11.1 Å². The van der Waals surface area contributed by atoms with Crippen LogP contribution in [0.15, 0.2) is 78.9 Å². The van der Waals surface area contributed by atoms with Crippen LogP contribution in [0.5, 0.6) is 0 Å². The SMILES string of the molecule is CC[C@H](C)[C@H](N)CN(C(=O)[C@@H]1C[C@H]1c1ccccc1)c1ccc(-c2ccc(CO)cc2)cc1. The smallest absolute Gasteiger partial charge is 0.230 e. The first-order chi connectivity index (χ1) is 16.0. The van der Waals surface area contributed by atoms with Gasteiger partial charge < -0.3 is 15.7 Å². The molecule has 33 heavy (non-hydrogen) atoms. The Morgan fingerprint density at radius 1 is 1.00 bits per heavy atom. The summed E-state index contributed by atoms with van der Waals surface area (Å²) in [5.74, 6) is 0.823. The third kappa shape index (κ3) is 5.35. The van der Waals surface area contributed by atoms with E-state index in [4.69, 9.17) is 5.73 Å². The number of aliphatic hydroxyl groups is 1. The summed E-state index contributed by atoms with van der Waals surface area (Å²) in [6.07, 6.45) is 1.88. The van der Waals surface area contributed by atoms with Crippen molar-refractivity contribution in [1.82, 2.24) is 0 Å². The van der Waals surface area contributed by atoms with Gasteiger partial charge in [-0.3, -0.25) is 4.79 Å². The molecule has 4 heteroatoms. The van der Waals surface area contributed by atoms with E-state index in [2.05, 4.69) is 38.1 Å². The van der Waals surface area contributed by atoms with Crippen LogP contribution in [0.3, 0.4) is 0 Å². The minimum atomic E-state index is -0.0708. The molecule has 4 nitrogen and oxygen atoms in total. The highest BCUT2D eigenvalue weighted by Crippen LogP contribution is 2.49. The number of hydrogen-bond acceptors (Lipinski definition) is 3. The van der Waals surface area contributed by atoms with Crippen LogP contribution < -0.4 is 10.6 Å². The van der Waals surface area contributed by atoms with Crippen molar-refractivity contribution in [2.75, 3.05) is 11.4 Å². The van der Waals surface area contributed by atoms with Crippen molar-refractivity contribution in [3.63, 3.8) is 0 Å². The van der Waals surface area contributed by atoms with Crippen LogP contribution in [0, 0.1) is 11.8 Å². The second kappa shape index (κ2) is 10.3. The quantitative estimate of drug-likeness (QED) is 0.469. The largest absolute Gasteiger partial charge is 0.392 e. The van der Waals surface area contributed by atoms with E-state index >= 15 is 0 Å². The first-order valence-corrected chi connectivity index (χ1v) is 11.9. The second-order valence-electron chi connectivity index (χ2n) is 9.26. The highest BCUT2D eigenvalue weighted by Gasteiger charge is 2.46. The number of nitrogens with zero attached hydrogens (tertiary/aromatic N) is 1. The Kier molecular flexibility index (Phi) is 7.26. The van der Waals surface area contributed by atoms with Crippen molar-refractivity contribution in [2.45, 2.75) is 45.3 Å². The van der Waals surface area contributed by atoms with Crippen LogP contribution in [0.2, 0.25) is 0 Å². The highest BCUT2D eigenvalue weighted by atomic mass is 16.3. The maximum Gasteiger partial charge on any atom is 0.230 e. The lowest BCUT2D eigenvalue weighted by molar-refractivity contribution is -0.120. The molecular formula is C29H34N2O2. The molecule has 3 N–H and O–H groups in total. The molecule has 4 atom stereocenters. The summed E-state index contributed by atoms with van der Waals surface area (Å²) >= 11 is 0. The molecule has 3 aromatic carbocycles. The molecule has 0 radical (unpaired) electrons. The molecule has 1 amide bonds. The number of nitrogens with two attached hydrogens (primary N) is 1. The lowest BCUT2D eigenvalue weighted by Gasteiger charge is -2.29. The average molecular weight is 443 g/mol. The number of aliphatic hydroxyl groups excluding tert-OH is 1. The van der Waals surface area contributed by atoms with Crippen molar-refractivity contribution in [2.24, 2.45) is 17.6 Å².